The fraction of sp³-hybridized carbons (Fsp3) is 0.273. The van der Waals surface area contributed by atoms with E-state index in [0.29, 0.717) is 5.75 Å². The van der Waals surface area contributed by atoms with E-state index in [1.54, 1.807) is 0 Å². The van der Waals surface area contributed by atoms with Crippen LogP contribution in [-0.2, 0) is 0 Å². The van der Waals surface area contributed by atoms with Crippen molar-refractivity contribution in [1.29, 1.82) is 0 Å². The van der Waals surface area contributed by atoms with Crippen molar-refractivity contribution >= 4 is 5.57 Å². The molecule has 5 heteroatoms. The molecule has 0 saturated carbocycles. The number of rotatable bonds is 3. The van der Waals surface area contributed by atoms with Crippen molar-refractivity contribution in [2.24, 2.45) is 5.73 Å². The first-order valence-corrected chi connectivity index (χ1v) is 4.61. The Morgan fingerprint density at radius 2 is 1.88 bits per heavy atom. The van der Waals surface area contributed by atoms with Gasteiger partial charge in [0.05, 0.1) is 12.7 Å². The van der Waals surface area contributed by atoms with E-state index in [1.807, 2.05) is 0 Å². The highest BCUT2D eigenvalue weighted by Gasteiger charge is 2.34. The monoisotopic (exact) mass is 231 g/mol. The Hall–Kier alpha value is -1.49. The third kappa shape index (κ3) is 3.00. The molecule has 88 valence electrons. The van der Waals surface area contributed by atoms with Crippen LogP contribution in [0.4, 0.5) is 13.2 Å². The SMILES string of the molecule is COc1ccc(/C(=C\CN)C(F)(F)F)cc1. The largest absolute Gasteiger partial charge is 0.497 e. The van der Waals surface area contributed by atoms with Gasteiger partial charge in [0.25, 0.3) is 0 Å². The van der Waals surface area contributed by atoms with Gasteiger partial charge in [-0.25, -0.2) is 0 Å². The average molecular weight is 231 g/mol. The van der Waals surface area contributed by atoms with Crippen molar-refractivity contribution < 1.29 is 17.9 Å². The van der Waals surface area contributed by atoms with Crippen LogP contribution in [0.25, 0.3) is 5.57 Å². The van der Waals surface area contributed by atoms with Crippen LogP contribution in [0.3, 0.4) is 0 Å². The first-order valence-electron chi connectivity index (χ1n) is 4.61. The van der Waals surface area contributed by atoms with Gasteiger partial charge in [-0.3, -0.25) is 0 Å². The molecule has 0 atom stereocenters. The summed E-state index contributed by atoms with van der Waals surface area (Å²) in [6, 6.07) is 5.67. The summed E-state index contributed by atoms with van der Waals surface area (Å²) in [5, 5.41) is 0. The van der Waals surface area contributed by atoms with Crippen molar-refractivity contribution in [2.75, 3.05) is 13.7 Å². The number of halogens is 3. The third-order valence-corrected chi connectivity index (χ3v) is 2.03. The van der Waals surface area contributed by atoms with Gasteiger partial charge < -0.3 is 10.5 Å². The molecular weight excluding hydrogens is 219 g/mol. The normalized spacial score (nSPS) is 12.7. The summed E-state index contributed by atoms with van der Waals surface area (Å²) in [6.45, 7) is -0.152. The van der Waals surface area contributed by atoms with Crippen LogP contribution in [0.5, 0.6) is 5.75 Å². The zero-order valence-corrected chi connectivity index (χ0v) is 8.71. The highest BCUT2D eigenvalue weighted by atomic mass is 19.4. The molecule has 0 fully saturated rings. The number of allylic oxidation sites excluding steroid dienone is 1. The lowest BCUT2D eigenvalue weighted by Crippen LogP contribution is -2.12. The van der Waals surface area contributed by atoms with Gasteiger partial charge in [0.1, 0.15) is 5.75 Å². The Bertz CT molecular complexity index is 368. The van der Waals surface area contributed by atoms with E-state index in [4.69, 9.17) is 10.5 Å². The molecule has 0 heterocycles. The molecule has 0 bridgehead atoms. The van der Waals surface area contributed by atoms with E-state index in [2.05, 4.69) is 0 Å². The van der Waals surface area contributed by atoms with Crippen LogP contribution < -0.4 is 10.5 Å². The van der Waals surface area contributed by atoms with Crippen LogP contribution >= 0.6 is 0 Å². The van der Waals surface area contributed by atoms with E-state index in [9.17, 15) is 13.2 Å². The predicted molar refractivity (Wildman–Crippen MR) is 56.1 cm³/mol. The molecule has 0 spiro atoms. The van der Waals surface area contributed by atoms with Gasteiger partial charge in [-0.1, -0.05) is 18.2 Å². The second-order valence-corrected chi connectivity index (χ2v) is 3.08. The Morgan fingerprint density at radius 3 is 2.25 bits per heavy atom. The fourth-order valence-corrected chi connectivity index (χ4v) is 1.29. The van der Waals surface area contributed by atoms with Crippen LogP contribution in [0, 0.1) is 0 Å². The number of methoxy groups -OCH3 is 1. The van der Waals surface area contributed by atoms with Crippen molar-refractivity contribution in [2.45, 2.75) is 6.18 Å². The molecule has 1 aromatic carbocycles. The molecule has 0 aliphatic rings. The average Bonchev–Trinajstić information content (AvgIpc) is 2.25. The number of benzene rings is 1. The molecule has 0 amide bonds. The van der Waals surface area contributed by atoms with E-state index in [-0.39, 0.29) is 12.1 Å². The highest BCUT2D eigenvalue weighted by Crippen LogP contribution is 2.34. The second-order valence-electron chi connectivity index (χ2n) is 3.08. The van der Waals surface area contributed by atoms with Gasteiger partial charge in [0.2, 0.25) is 0 Å². The maximum atomic E-state index is 12.6. The fourth-order valence-electron chi connectivity index (χ4n) is 1.29. The first-order chi connectivity index (χ1) is 7.49. The van der Waals surface area contributed by atoms with E-state index in [1.165, 1.54) is 31.4 Å². The Morgan fingerprint density at radius 1 is 1.31 bits per heavy atom. The molecular formula is C11H12F3NO. The number of hydrogen-bond acceptors (Lipinski definition) is 2. The lowest BCUT2D eigenvalue weighted by atomic mass is 10.1. The highest BCUT2D eigenvalue weighted by molar-refractivity contribution is 5.70. The maximum Gasteiger partial charge on any atom is 0.416 e. The lowest BCUT2D eigenvalue weighted by Gasteiger charge is -2.12. The molecule has 0 unspecified atom stereocenters. The Kier molecular flexibility index (Phi) is 3.95. The van der Waals surface area contributed by atoms with Gasteiger partial charge in [-0.15, -0.1) is 0 Å². The van der Waals surface area contributed by atoms with Crippen LogP contribution in [0.1, 0.15) is 5.56 Å². The summed E-state index contributed by atoms with van der Waals surface area (Å²) in [7, 11) is 1.45. The maximum absolute atomic E-state index is 12.6. The summed E-state index contributed by atoms with van der Waals surface area (Å²) in [6.07, 6.45) is -3.43. The number of ether oxygens (including phenoxy) is 1. The minimum Gasteiger partial charge on any atom is -0.497 e. The van der Waals surface area contributed by atoms with Crippen molar-refractivity contribution in [3.05, 3.63) is 35.9 Å². The molecule has 0 aliphatic carbocycles. The zero-order valence-electron chi connectivity index (χ0n) is 8.71. The molecule has 0 aromatic heterocycles. The lowest BCUT2D eigenvalue weighted by molar-refractivity contribution is -0.0690. The molecule has 0 saturated heterocycles. The molecule has 1 rings (SSSR count). The van der Waals surface area contributed by atoms with Gasteiger partial charge in [-0.2, -0.15) is 13.2 Å². The van der Waals surface area contributed by atoms with Crippen LogP contribution in [-0.4, -0.2) is 19.8 Å². The van der Waals surface area contributed by atoms with Crippen molar-refractivity contribution in [3.8, 4) is 5.75 Å². The minimum atomic E-state index is -4.39. The topological polar surface area (TPSA) is 35.2 Å². The molecule has 2 nitrogen and oxygen atoms in total. The van der Waals surface area contributed by atoms with E-state index >= 15 is 0 Å². The van der Waals surface area contributed by atoms with E-state index < -0.39 is 11.7 Å². The van der Waals surface area contributed by atoms with Crippen LogP contribution in [0.2, 0.25) is 0 Å². The zero-order chi connectivity index (χ0) is 12.2. The number of alkyl halides is 3. The molecule has 0 radical (unpaired) electrons. The first kappa shape index (κ1) is 12.6. The molecule has 2 N–H and O–H groups in total. The van der Waals surface area contributed by atoms with E-state index in [0.717, 1.165) is 6.08 Å². The standard InChI is InChI=1S/C11H12F3NO/c1-16-9-4-2-8(3-5-9)10(6-7-15)11(12,13)14/h2-6H,7,15H2,1H3/b10-6+. The third-order valence-electron chi connectivity index (χ3n) is 2.03. The van der Waals surface area contributed by atoms with Crippen molar-refractivity contribution in [3.63, 3.8) is 0 Å². The summed E-state index contributed by atoms with van der Waals surface area (Å²) in [5.74, 6) is 0.512. The Balaban J connectivity index is 3.08. The summed E-state index contributed by atoms with van der Waals surface area (Å²) >= 11 is 0. The summed E-state index contributed by atoms with van der Waals surface area (Å²) < 4.78 is 42.7. The quantitative estimate of drug-likeness (QED) is 0.867. The van der Waals surface area contributed by atoms with Gasteiger partial charge in [0, 0.05) is 6.54 Å². The predicted octanol–water partition coefficient (Wildman–Crippen LogP) is 2.60. The second kappa shape index (κ2) is 5.03. The molecule has 0 aliphatic heterocycles. The van der Waals surface area contributed by atoms with Gasteiger partial charge in [-0.05, 0) is 17.7 Å². The van der Waals surface area contributed by atoms with Crippen molar-refractivity contribution in [1.82, 2.24) is 0 Å². The Labute approximate surface area is 91.5 Å². The van der Waals surface area contributed by atoms with Gasteiger partial charge in [0.15, 0.2) is 0 Å². The molecule has 16 heavy (non-hydrogen) atoms. The number of hydrogen-bond donors (Lipinski definition) is 1. The summed E-state index contributed by atoms with van der Waals surface area (Å²) in [4.78, 5) is 0. The smallest absolute Gasteiger partial charge is 0.416 e. The minimum absolute atomic E-state index is 0.0822. The number of nitrogens with two attached hydrogens (primary N) is 1. The molecule has 1 aromatic rings. The van der Waals surface area contributed by atoms with Crippen LogP contribution in [0.15, 0.2) is 30.3 Å². The van der Waals surface area contributed by atoms with Gasteiger partial charge >= 0.3 is 6.18 Å². The summed E-state index contributed by atoms with van der Waals surface area (Å²) in [5.41, 5.74) is 4.48.